The smallest absolute Gasteiger partial charge is 0.189 e. The molecule has 1 spiro atoms. The van der Waals surface area contributed by atoms with Crippen LogP contribution in [0.5, 0.6) is 0 Å². The van der Waals surface area contributed by atoms with Crippen LogP contribution >= 0.6 is 11.8 Å². The van der Waals surface area contributed by atoms with Crippen LogP contribution in [0.4, 0.5) is 0 Å². The molecule has 3 N–H and O–H groups in total. The maximum atomic E-state index is 5.69. The van der Waals surface area contributed by atoms with Crippen LogP contribution in [0.25, 0.3) is 0 Å². The van der Waals surface area contributed by atoms with Crippen molar-refractivity contribution in [2.45, 2.75) is 25.8 Å². The van der Waals surface area contributed by atoms with Gasteiger partial charge in [-0.1, -0.05) is 13.8 Å². The van der Waals surface area contributed by atoms with Gasteiger partial charge in [0.2, 0.25) is 0 Å². The molecule has 0 aromatic carbocycles. The summed E-state index contributed by atoms with van der Waals surface area (Å²) in [7, 11) is 0. The number of rotatable bonds is 0. The van der Waals surface area contributed by atoms with Gasteiger partial charge < -0.3 is 11.1 Å². The predicted molar refractivity (Wildman–Crippen MR) is 58.1 cm³/mol. The van der Waals surface area contributed by atoms with E-state index in [1.807, 2.05) is 11.8 Å². The Kier molecular flexibility index (Phi) is 1.98. The molecular weight excluding hydrogens is 182 g/mol. The van der Waals surface area contributed by atoms with E-state index < -0.39 is 0 Å². The molecule has 0 aliphatic carbocycles. The molecule has 3 nitrogen and oxygen atoms in total. The fraction of sp³-hybridized carbons (Fsp3) is 0.889. The Bertz CT molecular complexity index is 249. The second kappa shape index (κ2) is 2.80. The lowest BCUT2D eigenvalue weighted by Crippen LogP contribution is -2.61. The summed E-state index contributed by atoms with van der Waals surface area (Å²) in [4.78, 5) is 4.28. The molecule has 13 heavy (non-hydrogen) atoms. The third kappa shape index (κ3) is 1.31. The summed E-state index contributed by atoms with van der Waals surface area (Å²) in [6.07, 6.45) is 1.24. The van der Waals surface area contributed by atoms with Gasteiger partial charge in [-0.05, 0) is 17.6 Å². The van der Waals surface area contributed by atoms with Crippen molar-refractivity contribution >= 4 is 17.7 Å². The molecule has 1 saturated heterocycles. The van der Waals surface area contributed by atoms with Crippen LogP contribution in [0.2, 0.25) is 0 Å². The number of nitrogens with two attached hydrogens (primary N) is 1. The fourth-order valence-electron chi connectivity index (χ4n) is 2.02. The average molecular weight is 199 g/mol. The number of nitrogens with zero attached hydrogens (tertiary/aromatic N) is 1. The lowest BCUT2D eigenvalue weighted by atomic mass is 9.71. The number of nitrogens with one attached hydrogen (secondary N) is 1. The highest BCUT2D eigenvalue weighted by Crippen LogP contribution is 2.43. The van der Waals surface area contributed by atoms with Crippen LogP contribution < -0.4 is 11.1 Å². The Morgan fingerprint density at radius 2 is 2.31 bits per heavy atom. The third-order valence-electron chi connectivity index (χ3n) is 3.40. The third-order valence-corrected chi connectivity index (χ3v) is 4.59. The first kappa shape index (κ1) is 9.19. The number of thioether (sulfide) groups is 1. The fourth-order valence-corrected chi connectivity index (χ4v) is 3.72. The van der Waals surface area contributed by atoms with Gasteiger partial charge in [0.1, 0.15) is 0 Å². The van der Waals surface area contributed by atoms with Crippen molar-refractivity contribution < 1.29 is 0 Å². The number of hydrogen-bond acceptors (Lipinski definition) is 4. The van der Waals surface area contributed by atoms with Crippen molar-refractivity contribution in [3.8, 4) is 0 Å². The summed E-state index contributed by atoms with van der Waals surface area (Å²) in [5, 5.41) is 3.37. The van der Waals surface area contributed by atoms with E-state index in [9.17, 15) is 0 Å². The number of hydrogen-bond donors (Lipinski definition) is 2. The Morgan fingerprint density at radius 3 is 2.85 bits per heavy atom. The molecule has 2 aliphatic rings. The van der Waals surface area contributed by atoms with Crippen molar-refractivity contribution in [2.24, 2.45) is 16.1 Å². The Morgan fingerprint density at radius 1 is 1.54 bits per heavy atom. The van der Waals surface area contributed by atoms with Gasteiger partial charge in [-0.2, -0.15) is 11.8 Å². The van der Waals surface area contributed by atoms with Crippen molar-refractivity contribution in [3.63, 3.8) is 0 Å². The highest BCUT2D eigenvalue weighted by Gasteiger charge is 2.49. The highest BCUT2D eigenvalue weighted by atomic mass is 32.2. The van der Waals surface area contributed by atoms with E-state index in [1.54, 1.807) is 0 Å². The van der Waals surface area contributed by atoms with E-state index in [1.165, 1.54) is 12.2 Å². The highest BCUT2D eigenvalue weighted by molar-refractivity contribution is 7.99. The summed E-state index contributed by atoms with van der Waals surface area (Å²) in [5.41, 5.74) is 6.12. The molecule has 74 valence electrons. The lowest BCUT2D eigenvalue weighted by molar-refractivity contribution is 0.170. The monoisotopic (exact) mass is 199 g/mol. The lowest BCUT2D eigenvalue weighted by Gasteiger charge is -2.47. The van der Waals surface area contributed by atoms with Gasteiger partial charge in [0.15, 0.2) is 5.96 Å². The largest absolute Gasteiger partial charge is 0.370 e. The zero-order valence-corrected chi connectivity index (χ0v) is 9.08. The number of aliphatic imine (C=N–C) groups is 1. The standard InChI is InChI=1S/C9H17N3S/c1-8(2)3-4-13-6-9(8)5-11-7(10)12-9/h3-6H2,1-2H3,(H3,10,11,12). The molecule has 1 unspecified atom stereocenters. The van der Waals surface area contributed by atoms with E-state index in [0.717, 1.165) is 12.3 Å². The van der Waals surface area contributed by atoms with Crippen LogP contribution in [0.3, 0.4) is 0 Å². The minimum atomic E-state index is 0.125. The summed E-state index contributed by atoms with van der Waals surface area (Å²) in [6, 6.07) is 0. The molecule has 2 aliphatic heterocycles. The van der Waals surface area contributed by atoms with Gasteiger partial charge in [-0.25, -0.2) is 0 Å². The summed E-state index contributed by atoms with van der Waals surface area (Å²) in [5.74, 6) is 3.01. The first-order chi connectivity index (χ1) is 6.06. The van der Waals surface area contributed by atoms with Crippen LogP contribution in [0.15, 0.2) is 4.99 Å². The average Bonchev–Trinajstić information content (AvgIpc) is 2.41. The topological polar surface area (TPSA) is 50.4 Å². The van der Waals surface area contributed by atoms with Gasteiger partial charge in [-0.15, -0.1) is 0 Å². The molecule has 0 radical (unpaired) electrons. The SMILES string of the molecule is CC1(C)CCSCC12CN=C(N)N2. The van der Waals surface area contributed by atoms with Gasteiger partial charge >= 0.3 is 0 Å². The van der Waals surface area contributed by atoms with Crippen LogP contribution in [0.1, 0.15) is 20.3 Å². The van der Waals surface area contributed by atoms with Crippen molar-refractivity contribution in [3.05, 3.63) is 0 Å². The van der Waals surface area contributed by atoms with Crippen LogP contribution in [-0.4, -0.2) is 29.5 Å². The van der Waals surface area contributed by atoms with E-state index in [0.29, 0.717) is 11.4 Å². The molecule has 0 bridgehead atoms. The molecule has 2 heterocycles. The normalized spacial score (nSPS) is 37.2. The molecule has 2 rings (SSSR count). The molecular formula is C9H17N3S. The summed E-state index contributed by atoms with van der Waals surface area (Å²) >= 11 is 2.00. The first-order valence-electron chi connectivity index (χ1n) is 4.72. The van der Waals surface area contributed by atoms with Gasteiger partial charge in [0.25, 0.3) is 0 Å². The Balaban J connectivity index is 2.21. The van der Waals surface area contributed by atoms with Gasteiger partial charge in [0, 0.05) is 5.75 Å². The van der Waals surface area contributed by atoms with Crippen molar-refractivity contribution in [2.75, 3.05) is 18.1 Å². The second-order valence-corrected chi connectivity index (χ2v) is 5.70. The maximum absolute atomic E-state index is 5.69. The Hall–Kier alpha value is -0.380. The minimum Gasteiger partial charge on any atom is -0.370 e. The van der Waals surface area contributed by atoms with E-state index in [2.05, 4.69) is 24.2 Å². The van der Waals surface area contributed by atoms with Gasteiger partial charge in [0.05, 0.1) is 12.1 Å². The van der Waals surface area contributed by atoms with Crippen LogP contribution in [0, 0.1) is 5.41 Å². The predicted octanol–water partition coefficient (Wildman–Crippen LogP) is 0.806. The Labute approximate surface area is 83.6 Å². The second-order valence-electron chi connectivity index (χ2n) is 4.60. The molecule has 4 heteroatoms. The molecule has 0 aromatic heterocycles. The molecule has 1 atom stereocenters. The zero-order chi connectivity index (χ0) is 9.53. The first-order valence-corrected chi connectivity index (χ1v) is 5.87. The van der Waals surface area contributed by atoms with E-state index in [-0.39, 0.29) is 5.54 Å². The molecule has 0 amide bonds. The maximum Gasteiger partial charge on any atom is 0.189 e. The molecule has 0 aromatic rings. The summed E-state index contributed by atoms with van der Waals surface area (Å²) in [6.45, 7) is 5.47. The zero-order valence-electron chi connectivity index (χ0n) is 8.26. The van der Waals surface area contributed by atoms with Gasteiger partial charge in [-0.3, -0.25) is 4.99 Å². The van der Waals surface area contributed by atoms with Crippen molar-refractivity contribution in [1.29, 1.82) is 0 Å². The van der Waals surface area contributed by atoms with E-state index in [4.69, 9.17) is 5.73 Å². The molecule has 1 fully saturated rings. The quantitative estimate of drug-likeness (QED) is 0.607. The van der Waals surface area contributed by atoms with Crippen LogP contribution in [-0.2, 0) is 0 Å². The minimum absolute atomic E-state index is 0.125. The molecule has 0 saturated carbocycles. The van der Waals surface area contributed by atoms with E-state index >= 15 is 0 Å². The van der Waals surface area contributed by atoms with Crippen molar-refractivity contribution in [1.82, 2.24) is 5.32 Å². The summed E-state index contributed by atoms with van der Waals surface area (Å²) < 4.78 is 0. The number of guanidine groups is 1.